The van der Waals surface area contributed by atoms with E-state index in [1.54, 1.807) is 12.4 Å². The summed E-state index contributed by atoms with van der Waals surface area (Å²) in [5, 5.41) is 10.4. The van der Waals surface area contributed by atoms with Crippen LogP contribution in [0.3, 0.4) is 0 Å². The van der Waals surface area contributed by atoms with Crippen LogP contribution < -0.4 is 5.32 Å². The number of halogens is 3. The molecule has 0 aliphatic carbocycles. The number of aromatic nitrogens is 3. The Morgan fingerprint density at radius 1 is 1.22 bits per heavy atom. The van der Waals surface area contributed by atoms with E-state index in [1.165, 1.54) is 27.9 Å². The number of urea groups is 1. The monoisotopic (exact) mass is 325 g/mol. The van der Waals surface area contributed by atoms with Gasteiger partial charge in [-0.05, 0) is 18.6 Å². The first-order chi connectivity index (χ1) is 10.9. The van der Waals surface area contributed by atoms with Gasteiger partial charge in [-0.25, -0.2) is 4.79 Å². The highest BCUT2D eigenvalue weighted by atomic mass is 19.4. The fourth-order valence-electron chi connectivity index (χ4n) is 2.56. The Labute approximate surface area is 129 Å². The van der Waals surface area contributed by atoms with Crippen LogP contribution in [0.5, 0.6) is 0 Å². The summed E-state index contributed by atoms with van der Waals surface area (Å²) in [6.45, 7) is 0.793. The van der Waals surface area contributed by atoms with Crippen LogP contribution in [-0.2, 0) is 6.18 Å². The number of benzene rings is 1. The maximum atomic E-state index is 12.9. The van der Waals surface area contributed by atoms with Crippen LogP contribution in [0.4, 0.5) is 23.7 Å². The van der Waals surface area contributed by atoms with E-state index in [1.807, 2.05) is 0 Å². The Kier molecular flexibility index (Phi) is 3.93. The molecule has 1 aromatic heterocycles. The molecule has 1 fully saturated rings. The van der Waals surface area contributed by atoms with Gasteiger partial charge in [0.2, 0.25) is 0 Å². The van der Waals surface area contributed by atoms with Crippen molar-refractivity contribution in [2.24, 2.45) is 0 Å². The molecule has 1 unspecified atom stereocenters. The molecule has 0 spiro atoms. The van der Waals surface area contributed by atoms with Crippen LogP contribution >= 0.6 is 0 Å². The van der Waals surface area contributed by atoms with Crippen molar-refractivity contribution in [3.05, 3.63) is 42.2 Å². The van der Waals surface area contributed by atoms with Gasteiger partial charge in [0.15, 0.2) is 0 Å². The number of amides is 2. The van der Waals surface area contributed by atoms with E-state index in [0.717, 1.165) is 6.07 Å². The van der Waals surface area contributed by atoms with Crippen molar-refractivity contribution in [3.8, 4) is 0 Å². The Bertz CT molecular complexity index is 686. The third kappa shape index (κ3) is 3.27. The van der Waals surface area contributed by atoms with Gasteiger partial charge in [-0.2, -0.15) is 28.2 Å². The Balaban J connectivity index is 1.69. The highest BCUT2D eigenvalue weighted by Gasteiger charge is 2.34. The normalized spacial score (nSPS) is 18.2. The lowest BCUT2D eigenvalue weighted by atomic mass is 10.1. The van der Waals surface area contributed by atoms with Gasteiger partial charge in [0.05, 0.1) is 29.7 Å². The molecule has 2 amide bonds. The molecule has 1 saturated heterocycles. The quantitative estimate of drug-likeness (QED) is 0.923. The molecule has 1 aromatic carbocycles. The number of alkyl halides is 3. The van der Waals surface area contributed by atoms with Crippen LogP contribution in [0.15, 0.2) is 36.7 Å². The summed E-state index contributed by atoms with van der Waals surface area (Å²) >= 11 is 0. The third-order valence-corrected chi connectivity index (χ3v) is 3.69. The number of carbonyl (C=O) groups is 1. The van der Waals surface area contributed by atoms with Crippen LogP contribution in [0, 0.1) is 0 Å². The summed E-state index contributed by atoms with van der Waals surface area (Å²) in [4.78, 5) is 15.2. The number of hydrogen-bond donors (Lipinski definition) is 1. The van der Waals surface area contributed by atoms with Crippen molar-refractivity contribution in [2.75, 3.05) is 18.4 Å². The second-order valence-corrected chi connectivity index (χ2v) is 5.21. The summed E-state index contributed by atoms with van der Waals surface area (Å²) in [6, 6.07) is 4.29. The molecule has 1 aliphatic rings. The summed E-state index contributed by atoms with van der Waals surface area (Å²) < 4.78 is 38.8. The third-order valence-electron chi connectivity index (χ3n) is 3.69. The van der Waals surface area contributed by atoms with Gasteiger partial charge in [0, 0.05) is 13.1 Å². The first-order valence-corrected chi connectivity index (χ1v) is 7.03. The number of hydrogen-bond acceptors (Lipinski definition) is 3. The van der Waals surface area contributed by atoms with Crippen LogP contribution in [0.25, 0.3) is 0 Å². The van der Waals surface area contributed by atoms with Gasteiger partial charge >= 0.3 is 12.2 Å². The molecule has 0 bridgehead atoms. The van der Waals surface area contributed by atoms with Crippen molar-refractivity contribution in [1.82, 2.24) is 19.9 Å². The van der Waals surface area contributed by atoms with E-state index < -0.39 is 17.8 Å². The second-order valence-electron chi connectivity index (χ2n) is 5.21. The second kappa shape index (κ2) is 5.90. The molecule has 1 N–H and O–H groups in total. The lowest BCUT2D eigenvalue weighted by Crippen LogP contribution is -2.34. The molecule has 0 saturated carbocycles. The topological polar surface area (TPSA) is 63.1 Å². The van der Waals surface area contributed by atoms with Gasteiger partial charge in [-0.1, -0.05) is 12.1 Å². The van der Waals surface area contributed by atoms with E-state index in [0.29, 0.717) is 19.5 Å². The first kappa shape index (κ1) is 15.3. The van der Waals surface area contributed by atoms with Gasteiger partial charge in [0.25, 0.3) is 0 Å². The van der Waals surface area contributed by atoms with Crippen LogP contribution in [-0.4, -0.2) is 39.0 Å². The van der Waals surface area contributed by atoms with E-state index in [-0.39, 0.29) is 11.7 Å². The largest absolute Gasteiger partial charge is 0.418 e. The highest BCUT2D eigenvalue weighted by molar-refractivity contribution is 5.90. The molecular formula is C14H14F3N5O. The van der Waals surface area contributed by atoms with Crippen molar-refractivity contribution in [3.63, 3.8) is 0 Å². The lowest BCUT2D eigenvalue weighted by molar-refractivity contribution is -0.136. The van der Waals surface area contributed by atoms with Crippen molar-refractivity contribution >= 4 is 11.7 Å². The van der Waals surface area contributed by atoms with Gasteiger partial charge in [0.1, 0.15) is 0 Å². The van der Waals surface area contributed by atoms with E-state index >= 15 is 0 Å². The Morgan fingerprint density at radius 3 is 2.61 bits per heavy atom. The lowest BCUT2D eigenvalue weighted by Gasteiger charge is -2.19. The molecule has 1 atom stereocenters. The molecule has 0 radical (unpaired) electrons. The smallest absolute Gasteiger partial charge is 0.322 e. The average molecular weight is 325 g/mol. The zero-order valence-electron chi connectivity index (χ0n) is 12.0. The van der Waals surface area contributed by atoms with Crippen LogP contribution in [0.2, 0.25) is 0 Å². The number of para-hydroxylation sites is 1. The predicted octanol–water partition coefficient (Wildman–Crippen LogP) is 2.78. The zero-order chi connectivity index (χ0) is 16.4. The molecule has 9 heteroatoms. The zero-order valence-corrected chi connectivity index (χ0v) is 12.0. The molecule has 2 aromatic rings. The number of carbonyl (C=O) groups excluding carboxylic acids is 1. The van der Waals surface area contributed by atoms with Gasteiger partial charge in [-0.3, -0.25) is 0 Å². The van der Waals surface area contributed by atoms with Crippen molar-refractivity contribution in [1.29, 1.82) is 0 Å². The molecule has 23 heavy (non-hydrogen) atoms. The number of anilines is 1. The fraction of sp³-hybridized carbons (Fsp3) is 0.357. The van der Waals surface area contributed by atoms with Crippen molar-refractivity contribution < 1.29 is 18.0 Å². The number of nitrogens with one attached hydrogen (secondary N) is 1. The molecular weight excluding hydrogens is 311 g/mol. The van der Waals surface area contributed by atoms with Crippen LogP contribution in [0.1, 0.15) is 18.0 Å². The molecule has 122 valence electrons. The van der Waals surface area contributed by atoms with Gasteiger partial charge < -0.3 is 10.2 Å². The molecule has 6 nitrogen and oxygen atoms in total. The maximum absolute atomic E-state index is 12.9. The number of likely N-dealkylation sites (tertiary alicyclic amines) is 1. The number of nitrogens with zero attached hydrogens (tertiary/aromatic N) is 4. The molecule has 2 heterocycles. The first-order valence-electron chi connectivity index (χ1n) is 7.03. The van der Waals surface area contributed by atoms with E-state index in [4.69, 9.17) is 0 Å². The minimum Gasteiger partial charge on any atom is -0.322 e. The minimum atomic E-state index is -4.52. The maximum Gasteiger partial charge on any atom is 0.418 e. The summed E-state index contributed by atoms with van der Waals surface area (Å²) in [7, 11) is 0. The van der Waals surface area contributed by atoms with Gasteiger partial charge in [-0.15, -0.1) is 0 Å². The standard InChI is InChI=1S/C14H14F3N5O/c15-14(16,17)11-3-1-2-4-12(11)20-13(23)21-8-5-10(9-21)22-18-6-7-19-22/h1-4,6-7,10H,5,8-9H2,(H,20,23). The average Bonchev–Trinajstić information content (AvgIpc) is 3.18. The Morgan fingerprint density at radius 2 is 1.91 bits per heavy atom. The molecule has 3 rings (SSSR count). The fourth-order valence-corrected chi connectivity index (χ4v) is 2.56. The molecule has 1 aliphatic heterocycles. The highest BCUT2D eigenvalue weighted by Crippen LogP contribution is 2.34. The van der Waals surface area contributed by atoms with E-state index in [9.17, 15) is 18.0 Å². The number of rotatable bonds is 2. The van der Waals surface area contributed by atoms with E-state index in [2.05, 4.69) is 15.5 Å². The summed E-state index contributed by atoms with van der Waals surface area (Å²) in [6.07, 6.45) is -0.774. The summed E-state index contributed by atoms with van der Waals surface area (Å²) in [5.41, 5.74) is -1.11. The summed E-state index contributed by atoms with van der Waals surface area (Å²) in [5.74, 6) is 0. The van der Waals surface area contributed by atoms with Crippen molar-refractivity contribution in [2.45, 2.75) is 18.6 Å². The minimum absolute atomic E-state index is 0.0615. The Hall–Kier alpha value is -2.58. The predicted molar refractivity (Wildman–Crippen MR) is 75.7 cm³/mol. The SMILES string of the molecule is O=C(Nc1ccccc1C(F)(F)F)N1CCC(n2nccn2)C1.